The van der Waals surface area contributed by atoms with Gasteiger partial charge in [0.15, 0.2) is 0 Å². The van der Waals surface area contributed by atoms with Gasteiger partial charge in [0.2, 0.25) is 11.8 Å². The molecule has 0 aromatic carbocycles. The van der Waals surface area contributed by atoms with Crippen LogP contribution < -0.4 is 0 Å². The number of imide groups is 1. The van der Waals surface area contributed by atoms with Gasteiger partial charge in [-0.15, -0.1) is 0 Å². The zero-order chi connectivity index (χ0) is 10.3. The van der Waals surface area contributed by atoms with Gasteiger partial charge in [0, 0.05) is 18.9 Å². The Kier molecular flexibility index (Phi) is 2.02. The SMILES string of the molecule is O=C(O)C1CC(=O)N(C(=O)C2CC2)C1. The van der Waals surface area contributed by atoms with E-state index >= 15 is 0 Å². The van der Waals surface area contributed by atoms with Crippen molar-refractivity contribution in [3.8, 4) is 0 Å². The highest BCUT2D eigenvalue weighted by Gasteiger charge is 2.42. The molecule has 0 bridgehead atoms. The van der Waals surface area contributed by atoms with Crippen LogP contribution in [0.5, 0.6) is 0 Å². The molecule has 0 aromatic rings. The summed E-state index contributed by atoms with van der Waals surface area (Å²) in [6, 6.07) is 0. The molecular formula is C9H11NO4. The van der Waals surface area contributed by atoms with E-state index in [4.69, 9.17) is 5.11 Å². The van der Waals surface area contributed by atoms with Gasteiger partial charge in [0.05, 0.1) is 5.92 Å². The molecule has 2 amide bonds. The number of hydrogen-bond donors (Lipinski definition) is 1. The van der Waals surface area contributed by atoms with Crippen LogP contribution in [0.4, 0.5) is 0 Å². The maximum atomic E-state index is 11.5. The maximum Gasteiger partial charge on any atom is 0.308 e. The molecule has 2 fully saturated rings. The van der Waals surface area contributed by atoms with E-state index in [0.29, 0.717) is 0 Å². The van der Waals surface area contributed by atoms with Crippen molar-refractivity contribution in [1.82, 2.24) is 4.90 Å². The number of carbonyl (C=O) groups excluding carboxylic acids is 2. The van der Waals surface area contributed by atoms with E-state index in [1.165, 1.54) is 0 Å². The number of hydrogen-bond acceptors (Lipinski definition) is 3. The number of carboxylic acids is 1. The zero-order valence-electron chi connectivity index (χ0n) is 7.60. The van der Waals surface area contributed by atoms with E-state index in [1.54, 1.807) is 0 Å². The van der Waals surface area contributed by atoms with Crippen LogP contribution in [0, 0.1) is 11.8 Å². The monoisotopic (exact) mass is 197 g/mol. The second-order valence-corrected chi connectivity index (χ2v) is 3.86. The molecule has 5 nitrogen and oxygen atoms in total. The first-order chi connectivity index (χ1) is 6.59. The highest BCUT2D eigenvalue weighted by atomic mass is 16.4. The summed E-state index contributed by atoms with van der Waals surface area (Å²) in [6.07, 6.45) is 1.63. The number of nitrogens with zero attached hydrogens (tertiary/aromatic N) is 1. The molecule has 1 unspecified atom stereocenters. The lowest BCUT2D eigenvalue weighted by molar-refractivity contribution is -0.142. The Labute approximate surface area is 80.7 Å². The highest BCUT2D eigenvalue weighted by molar-refractivity contribution is 6.00. The summed E-state index contributed by atoms with van der Waals surface area (Å²) in [5, 5.41) is 8.69. The minimum atomic E-state index is -0.996. The number of likely N-dealkylation sites (tertiary alicyclic amines) is 1. The van der Waals surface area contributed by atoms with Crippen molar-refractivity contribution >= 4 is 17.8 Å². The fraction of sp³-hybridized carbons (Fsp3) is 0.667. The van der Waals surface area contributed by atoms with E-state index in [9.17, 15) is 14.4 Å². The summed E-state index contributed by atoms with van der Waals surface area (Å²) < 4.78 is 0. The molecule has 1 heterocycles. The molecule has 76 valence electrons. The van der Waals surface area contributed by atoms with Gasteiger partial charge in [0.1, 0.15) is 0 Å². The third-order valence-electron chi connectivity index (χ3n) is 2.67. The fourth-order valence-electron chi connectivity index (χ4n) is 1.64. The van der Waals surface area contributed by atoms with Crippen LogP contribution in [0.25, 0.3) is 0 Å². The number of amides is 2. The van der Waals surface area contributed by atoms with Crippen molar-refractivity contribution in [3.05, 3.63) is 0 Å². The lowest BCUT2D eigenvalue weighted by Gasteiger charge is -2.12. The summed E-state index contributed by atoms with van der Waals surface area (Å²) in [5.41, 5.74) is 0. The minimum Gasteiger partial charge on any atom is -0.481 e. The molecule has 14 heavy (non-hydrogen) atoms. The van der Waals surface area contributed by atoms with Crippen LogP contribution in [0.2, 0.25) is 0 Å². The molecule has 5 heteroatoms. The predicted octanol–water partition coefficient (Wildman–Crippen LogP) is -0.144. The second kappa shape index (κ2) is 3.08. The third-order valence-corrected chi connectivity index (χ3v) is 2.67. The molecule has 0 spiro atoms. The number of aliphatic carboxylic acids is 1. The van der Waals surface area contributed by atoms with Crippen molar-refractivity contribution in [2.75, 3.05) is 6.54 Å². The van der Waals surface area contributed by atoms with Crippen molar-refractivity contribution in [2.24, 2.45) is 11.8 Å². The smallest absolute Gasteiger partial charge is 0.308 e. The van der Waals surface area contributed by atoms with Crippen LogP contribution in [0.1, 0.15) is 19.3 Å². The van der Waals surface area contributed by atoms with Crippen LogP contribution in [-0.4, -0.2) is 34.3 Å². The van der Waals surface area contributed by atoms with Gasteiger partial charge < -0.3 is 5.11 Å². The highest BCUT2D eigenvalue weighted by Crippen LogP contribution is 2.33. The number of rotatable bonds is 2. The molecule has 1 saturated carbocycles. The Hall–Kier alpha value is -1.39. The normalized spacial score (nSPS) is 26.7. The summed E-state index contributed by atoms with van der Waals surface area (Å²) in [4.78, 5) is 34.5. The first-order valence-electron chi connectivity index (χ1n) is 4.66. The Balaban J connectivity index is 2.03. The molecule has 1 atom stereocenters. The van der Waals surface area contributed by atoms with Gasteiger partial charge >= 0.3 is 5.97 Å². The molecule has 2 rings (SSSR count). The van der Waals surface area contributed by atoms with Crippen LogP contribution >= 0.6 is 0 Å². The molecule has 1 aliphatic carbocycles. The largest absolute Gasteiger partial charge is 0.481 e. The summed E-state index contributed by atoms with van der Waals surface area (Å²) >= 11 is 0. The van der Waals surface area contributed by atoms with Crippen molar-refractivity contribution < 1.29 is 19.5 Å². The van der Waals surface area contributed by atoms with Crippen molar-refractivity contribution in [2.45, 2.75) is 19.3 Å². The Morgan fingerprint density at radius 2 is 1.93 bits per heavy atom. The Bertz CT molecular complexity index is 308. The summed E-state index contributed by atoms with van der Waals surface area (Å²) in [7, 11) is 0. The molecule has 1 aliphatic heterocycles. The molecule has 1 N–H and O–H groups in total. The van der Waals surface area contributed by atoms with E-state index < -0.39 is 11.9 Å². The maximum absolute atomic E-state index is 11.5. The predicted molar refractivity (Wildman–Crippen MR) is 45.2 cm³/mol. The first kappa shape index (κ1) is 9.18. The number of carboxylic acid groups (broad SMARTS) is 1. The topological polar surface area (TPSA) is 74.7 Å². The Morgan fingerprint density at radius 3 is 2.36 bits per heavy atom. The standard InChI is InChI=1S/C9H11NO4/c11-7-3-6(9(13)14)4-10(7)8(12)5-1-2-5/h5-6H,1-4H2,(H,13,14). The van der Waals surface area contributed by atoms with Gasteiger partial charge in [0.25, 0.3) is 0 Å². The quantitative estimate of drug-likeness (QED) is 0.625. The fourth-order valence-corrected chi connectivity index (χ4v) is 1.64. The van der Waals surface area contributed by atoms with Gasteiger partial charge in [-0.25, -0.2) is 0 Å². The summed E-state index contributed by atoms with van der Waals surface area (Å²) in [5.74, 6) is -2.24. The second-order valence-electron chi connectivity index (χ2n) is 3.86. The van der Waals surface area contributed by atoms with E-state index in [0.717, 1.165) is 17.7 Å². The zero-order valence-corrected chi connectivity index (χ0v) is 7.60. The average molecular weight is 197 g/mol. The third kappa shape index (κ3) is 1.49. The van der Waals surface area contributed by atoms with Gasteiger partial charge in [-0.2, -0.15) is 0 Å². The van der Waals surface area contributed by atoms with Gasteiger partial charge in [-0.05, 0) is 12.8 Å². The van der Waals surface area contributed by atoms with Crippen LogP contribution in [-0.2, 0) is 14.4 Å². The summed E-state index contributed by atoms with van der Waals surface area (Å²) in [6.45, 7) is 0.0590. The first-order valence-corrected chi connectivity index (χ1v) is 4.66. The van der Waals surface area contributed by atoms with Crippen molar-refractivity contribution in [3.63, 3.8) is 0 Å². The van der Waals surface area contributed by atoms with Crippen LogP contribution in [0.15, 0.2) is 0 Å². The minimum absolute atomic E-state index is 0.0218. The van der Waals surface area contributed by atoms with Crippen LogP contribution in [0.3, 0.4) is 0 Å². The van der Waals surface area contributed by atoms with Gasteiger partial charge in [-0.1, -0.05) is 0 Å². The molecule has 1 saturated heterocycles. The molecule has 2 aliphatic rings. The number of carbonyl (C=O) groups is 3. The van der Waals surface area contributed by atoms with E-state index in [1.807, 2.05) is 0 Å². The molecule has 0 aromatic heterocycles. The molecular weight excluding hydrogens is 186 g/mol. The van der Waals surface area contributed by atoms with Gasteiger partial charge in [-0.3, -0.25) is 19.3 Å². The average Bonchev–Trinajstić information content (AvgIpc) is 2.88. The molecule has 0 radical (unpaired) electrons. The van der Waals surface area contributed by atoms with E-state index in [2.05, 4.69) is 0 Å². The lowest BCUT2D eigenvalue weighted by atomic mass is 10.1. The van der Waals surface area contributed by atoms with Crippen molar-refractivity contribution in [1.29, 1.82) is 0 Å². The lowest BCUT2D eigenvalue weighted by Crippen LogP contribution is -2.34. The Morgan fingerprint density at radius 1 is 1.29 bits per heavy atom. The van der Waals surface area contributed by atoms with E-state index in [-0.39, 0.29) is 30.7 Å².